The van der Waals surface area contributed by atoms with Gasteiger partial charge < -0.3 is 5.32 Å². The third kappa shape index (κ3) is 3.10. The van der Waals surface area contributed by atoms with Crippen molar-refractivity contribution in [2.75, 3.05) is 12.8 Å². The number of rotatable bonds is 5. The molecule has 0 aromatic carbocycles. The maximum Gasteiger partial charge on any atom is 0.343 e. The number of nitrogens with one attached hydrogen (secondary N) is 2. The molecule has 0 spiro atoms. The molecule has 15 heavy (non-hydrogen) atoms. The summed E-state index contributed by atoms with van der Waals surface area (Å²) in [6, 6.07) is 0.432. The van der Waals surface area contributed by atoms with Gasteiger partial charge in [0, 0.05) is 18.8 Å². The number of nitrogens with zero attached hydrogens (tertiary/aromatic N) is 2. The first-order chi connectivity index (χ1) is 7.06. The summed E-state index contributed by atoms with van der Waals surface area (Å²) in [5, 5.41) is 10.4. The zero-order valence-electron chi connectivity index (χ0n) is 9.57. The molecule has 0 aliphatic heterocycles. The van der Waals surface area contributed by atoms with Gasteiger partial charge in [0.05, 0.1) is 0 Å². The highest BCUT2D eigenvalue weighted by atomic mass is 32.2. The fourth-order valence-corrected chi connectivity index (χ4v) is 2.50. The topological polar surface area (TPSA) is 62.7 Å². The number of hydrogen-bond donors (Lipinski definition) is 2. The first-order valence-electron chi connectivity index (χ1n) is 4.97. The predicted octanol–water partition coefficient (Wildman–Crippen LogP) is 0.444. The molecule has 1 unspecified atom stereocenters. The van der Waals surface area contributed by atoms with Crippen molar-refractivity contribution in [3.8, 4) is 0 Å². The van der Waals surface area contributed by atoms with E-state index in [2.05, 4.69) is 29.4 Å². The molecule has 0 bridgehead atoms. The van der Waals surface area contributed by atoms with Crippen molar-refractivity contribution < 1.29 is 0 Å². The lowest BCUT2D eigenvalue weighted by Gasteiger charge is -2.18. The van der Waals surface area contributed by atoms with E-state index in [4.69, 9.17) is 0 Å². The average Bonchev–Trinajstić information content (AvgIpc) is 2.49. The first-order valence-corrected chi connectivity index (χ1v) is 5.96. The fraction of sp³-hybridized carbons (Fsp3) is 0.778. The van der Waals surface area contributed by atoms with Crippen LogP contribution in [0.5, 0.6) is 0 Å². The highest BCUT2D eigenvalue weighted by Gasteiger charge is 2.13. The van der Waals surface area contributed by atoms with Crippen molar-refractivity contribution in [3.05, 3.63) is 10.5 Å². The van der Waals surface area contributed by atoms with E-state index in [1.165, 1.54) is 4.57 Å². The van der Waals surface area contributed by atoms with Crippen LogP contribution in [0, 0.1) is 5.92 Å². The van der Waals surface area contributed by atoms with Crippen LogP contribution in [0.2, 0.25) is 0 Å². The smallest absolute Gasteiger partial charge is 0.316 e. The van der Waals surface area contributed by atoms with Gasteiger partial charge in [0.15, 0.2) is 5.16 Å². The Bertz CT molecular complexity index is 357. The molecule has 1 heterocycles. The monoisotopic (exact) mass is 230 g/mol. The van der Waals surface area contributed by atoms with Crippen LogP contribution >= 0.6 is 11.8 Å². The molecule has 0 saturated carbocycles. The molecule has 1 aromatic rings. The van der Waals surface area contributed by atoms with Gasteiger partial charge in [-0.05, 0) is 13.0 Å². The van der Waals surface area contributed by atoms with Gasteiger partial charge in [-0.25, -0.2) is 9.89 Å². The third-order valence-electron chi connectivity index (χ3n) is 2.41. The molecular weight excluding hydrogens is 212 g/mol. The summed E-state index contributed by atoms with van der Waals surface area (Å²) in [4.78, 5) is 11.1. The van der Waals surface area contributed by atoms with E-state index in [9.17, 15) is 4.79 Å². The SMILES string of the molecule is CNC(CSc1n[nH]c(=O)n1C)C(C)C. The lowest BCUT2D eigenvalue weighted by molar-refractivity contribution is 0.465. The Hall–Kier alpha value is -0.750. The van der Waals surface area contributed by atoms with Crippen molar-refractivity contribution in [2.45, 2.75) is 25.0 Å². The second-order valence-electron chi connectivity index (χ2n) is 3.82. The summed E-state index contributed by atoms with van der Waals surface area (Å²) < 4.78 is 1.53. The molecule has 86 valence electrons. The molecule has 6 heteroatoms. The molecule has 0 radical (unpaired) electrons. The van der Waals surface area contributed by atoms with Gasteiger partial charge >= 0.3 is 5.69 Å². The molecule has 0 aliphatic rings. The summed E-state index contributed by atoms with van der Waals surface area (Å²) in [5.41, 5.74) is -0.164. The Morgan fingerprint density at radius 1 is 1.60 bits per heavy atom. The van der Waals surface area contributed by atoms with Gasteiger partial charge in [-0.1, -0.05) is 25.6 Å². The van der Waals surface area contributed by atoms with Gasteiger partial charge in [-0.2, -0.15) is 0 Å². The maximum atomic E-state index is 11.1. The van der Waals surface area contributed by atoms with Crippen LogP contribution in [-0.4, -0.2) is 33.6 Å². The van der Waals surface area contributed by atoms with Crippen molar-refractivity contribution in [1.82, 2.24) is 20.1 Å². The van der Waals surface area contributed by atoms with Crippen molar-refractivity contribution >= 4 is 11.8 Å². The Morgan fingerprint density at radius 2 is 2.27 bits per heavy atom. The van der Waals surface area contributed by atoms with Crippen molar-refractivity contribution in [1.29, 1.82) is 0 Å². The van der Waals surface area contributed by atoms with Gasteiger partial charge in [0.1, 0.15) is 0 Å². The molecule has 1 atom stereocenters. The Morgan fingerprint density at radius 3 is 2.67 bits per heavy atom. The molecule has 1 rings (SSSR count). The van der Waals surface area contributed by atoms with Gasteiger partial charge in [0.25, 0.3) is 0 Å². The molecule has 2 N–H and O–H groups in total. The van der Waals surface area contributed by atoms with Crippen LogP contribution in [0.25, 0.3) is 0 Å². The van der Waals surface area contributed by atoms with Crippen molar-refractivity contribution in [2.24, 2.45) is 13.0 Å². The van der Waals surface area contributed by atoms with Crippen LogP contribution < -0.4 is 11.0 Å². The van der Waals surface area contributed by atoms with E-state index in [0.717, 1.165) is 10.9 Å². The normalized spacial score (nSPS) is 13.4. The highest BCUT2D eigenvalue weighted by Crippen LogP contribution is 2.16. The summed E-state index contributed by atoms with van der Waals surface area (Å²) >= 11 is 1.59. The molecular formula is C9H18N4OS. The largest absolute Gasteiger partial charge is 0.343 e. The van der Waals surface area contributed by atoms with Crippen LogP contribution in [0.15, 0.2) is 9.95 Å². The Labute approximate surface area is 93.6 Å². The van der Waals surface area contributed by atoms with Crippen LogP contribution in [-0.2, 0) is 7.05 Å². The molecule has 1 aromatic heterocycles. The molecule has 0 amide bonds. The van der Waals surface area contributed by atoms with Crippen LogP contribution in [0.1, 0.15) is 13.8 Å². The lowest BCUT2D eigenvalue weighted by atomic mass is 10.1. The first kappa shape index (κ1) is 12.3. The number of hydrogen-bond acceptors (Lipinski definition) is 4. The Balaban J connectivity index is 2.56. The summed E-state index contributed by atoms with van der Waals surface area (Å²) in [5.74, 6) is 1.48. The van der Waals surface area contributed by atoms with E-state index >= 15 is 0 Å². The van der Waals surface area contributed by atoms with Crippen LogP contribution in [0.3, 0.4) is 0 Å². The summed E-state index contributed by atoms with van der Waals surface area (Å²) in [6.07, 6.45) is 0. The molecule has 0 aliphatic carbocycles. The zero-order valence-corrected chi connectivity index (χ0v) is 10.4. The van der Waals surface area contributed by atoms with Crippen molar-refractivity contribution in [3.63, 3.8) is 0 Å². The third-order valence-corrected chi connectivity index (χ3v) is 3.56. The lowest BCUT2D eigenvalue weighted by Crippen LogP contribution is -2.33. The highest BCUT2D eigenvalue weighted by molar-refractivity contribution is 7.99. The minimum absolute atomic E-state index is 0.164. The predicted molar refractivity (Wildman–Crippen MR) is 62.2 cm³/mol. The van der Waals surface area contributed by atoms with E-state index in [0.29, 0.717) is 12.0 Å². The quantitative estimate of drug-likeness (QED) is 0.721. The minimum atomic E-state index is -0.164. The summed E-state index contributed by atoms with van der Waals surface area (Å²) in [6.45, 7) is 4.34. The Kier molecular flexibility index (Phi) is 4.41. The molecule has 0 saturated heterocycles. The standard InChI is InChI=1S/C9H18N4OS/c1-6(2)7(10-3)5-15-9-12-11-8(14)13(9)4/h6-7,10H,5H2,1-4H3,(H,11,14). The van der Waals surface area contributed by atoms with E-state index < -0.39 is 0 Å². The maximum absolute atomic E-state index is 11.1. The minimum Gasteiger partial charge on any atom is -0.316 e. The van der Waals surface area contributed by atoms with E-state index in [1.54, 1.807) is 18.8 Å². The summed E-state index contributed by atoms with van der Waals surface area (Å²) in [7, 11) is 3.67. The van der Waals surface area contributed by atoms with Gasteiger partial charge in [-0.3, -0.25) is 4.57 Å². The fourth-order valence-electron chi connectivity index (χ4n) is 1.24. The molecule has 0 fully saturated rings. The number of aromatic amines is 1. The van der Waals surface area contributed by atoms with Gasteiger partial charge in [-0.15, -0.1) is 5.10 Å². The number of H-pyrrole nitrogens is 1. The average molecular weight is 230 g/mol. The second kappa shape index (κ2) is 5.37. The zero-order chi connectivity index (χ0) is 11.4. The van der Waals surface area contributed by atoms with Crippen LogP contribution in [0.4, 0.5) is 0 Å². The molecule has 5 nitrogen and oxygen atoms in total. The van der Waals surface area contributed by atoms with Gasteiger partial charge in [0.2, 0.25) is 0 Å². The number of aromatic nitrogens is 3. The second-order valence-corrected chi connectivity index (χ2v) is 4.81. The number of thioether (sulfide) groups is 1. The van der Waals surface area contributed by atoms with E-state index in [1.807, 2.05) is 7.05 Å². The van der Waals surface area contributed by atoms with E-state index in [-0.39, 0.29) is 5.69 Å².